The second kappa shape index (κ2) is 10.6. The van der Waals surface area contributed by atoms with Gasteiger partial charge in [-0.15, -0.1) is 11.3 Å². The topological polar surface area (TPSA) is 83.6 Å². The van der Waals surface area contributed by atoms with Gasteiger partial charge in [0.1, 0.15) is 5.82 Å². The number of halogens is 1. The molecule has 7 nitrogen and oxygen atoms in total. The molecule has 2 heterocycles. The number of anilines is 1. The summed E-state index contributed by atoms with van der Waals surface area (Å²) in [7, 11) is 0. The number of nitrogens with zero attached hydrogens (tertiary/aromatic N) is 2. The maximum absolute atomic E-state index is 12.9. The molecule has 0 saturated carbocycles. The molecule has 9 heteroatoms. The summed E-state index contributed by atoms with van der Waals surface area (Å²) in [5.74, 6) is -0.810. The Hall–Kier alpha value is -2.36. The summed E-state index contributed by atoms with van der Waals surface area (Å²) in [6, 6.07) is 5.33. The van der Waals surface area contributed by atoms with E-state index in [1.165, 1.54) is 35.6 Å². The van der Waals surface area contributed by atoms with Gasteiger partial charge in [-0.3, -0.25) is 14.5 Å². The van der Waals surface area contributed by atoms with Crippen molar-refractivity contribution >= 4 is 28.3 Å². The van der Waals surface area contributed by atoms with Crippen molar-refractivity contribution in [3.05, 3.63) is 46.7 Å². The van der Waals surface area contributed by atoms with Crippen molar-refractivity contribution in [3.63, 3.8) is 0 Å². The third kappa shape index (κ3) is 6.86. The van der Waals surface area contributed by atoms with E-state index >= 15 is 0 Å². The molecule has 30 heavy (non-hydrogen) atoms. The number of carbonyl (C=O) groups is 2. The highest BCUT2D eigenvalue weighted by atomic mass is 32.1. The van der Waals surface area contributed by atoms with Crippen LogP contribution in [0.2, 0.25) is 0 Å². The van der Waals surface area contributed by atoms with Crippen molar-refractivity contribution in [3.8, 4) is 0 Å². The molecule has 0 bridgehead atoms. The number of carbonyl (C=O) groups excluding carboxylic acids is 2. The summed E-state index contributed by atoms with van der Waals surface area (Å²) < 4.78 is 18.6. The van der Waals surface area contributed by atoms with Crippen LogP contribution in [0.4, 0.5) is 9.52 Å². The predicted molar refractivity (Wildman–Crippen MR) is 114 cm³/mol. The Kier molecular flexibility index (Phi) is 7.89. The molecule has 1 aliphatic rings. The van der Waals surface area contributed by atoms with Crippen molar-refractivity contribution in [2.45, 2.75) is 45.4 Å². The fraction of sp³-hybridized carbons (Fsp3) is 0.476. The van der Waals surface area contributed by atoms with Gasteiger partial charge in [0.05, 0.1) is 17.9 Å². The number of amides is 2. The molecule has 2 unspecified atom stereocenters. The van der Waals surface area contributed by atoms with E-state index in [9.17, 15) is 14.0 Å². The fourth-order valence-electron chi connectivity index (χ4n) is 3.42. The van der Waals surface area contributed by atoms with Crippen molar-refractivity contribution in [1.82, 2.24) is 15.2 Å². The number of thiazole rings is 1. The molecule has 2 atom stereocenters. The average molecular weight is 435 g/mol. The van der Waals surface area contributed by atoms with Crippen LogP contribution in [0, 0.1) is 5.82 Å². The van der Waals surface area contributed by atoms with Gasteiger partial charge in [-0.1, -0.05) is 0 Å². The lowest BCUT2D eigenvalue weighted by atomic mass is 10.2. The van der Waals surface area contributed by atoms with Crippen LogP contribution in [-0.2, 0) is 16.1 Å². The van der Waals surface area contributed by atoms with Crippen molar-refractivity contribution < 1.29 is 18.7 Å². The minimum absolute atomic E-state index is 0.138. The van der Waals surface area contributed by atoms with Gasteiger partial charge in [0.2, 0.25) is 5.91 Å². The zero-order valence-electron chi connectivity index (χ0n) is 17.2. The van der Waals surface area contributed by atoms with Gasteiger partial charge in [0.15, 0.2) is 5.13 Å². The maximum atomic E-state index is 12.9. The Morgan fingerprint density at radius 1 is 1.23 bits per heavy atom. The number of morpholine rings is 1. The molecule has 2 aromatic rings. The van der Waals surface area contributed by atoms with E-state index in [0.29, 0.717) is 23.7 Å². The van der Waals surface area contributed by atoms with Gasteiger partial charge in [-0.05, 0) is 44.5 Å². The van der Waals surface area contributed by atoms with E-state index in [1.54, 1.807) is 0 Å². The standard InChI is InChI=1S/C21H27FN4O3S/c1-14-10-26(11-15(2)29-14)12-18-13-30-21(24-18)25-19(27)4-3-9-23-20(28)16-5-7-17(22)8-6-16/h5-8,13-15H,3-4,9-12H2,1-2H3,(H,23,28)(H,24,25,27). The van der Waals surface area contributed by atoms with Gasteiger partial charge >= 0.3 is 0 Å². The highest BCUT2D eigenvalue weighted by Gasteiger charge is 2.22. The molecule has 0 spiro atoms. The summed E-state index contributed by atoms with van der Waals surface area (Å²) in [6.45, 7) is 6.97. The van der Waals surface area contributed by atoms with Crippen LogP contribution in [-0.4, -0.2) is 53.5 Å². The molecule has 1 fully saturated rings. The predicted octanol–water partition coefficient (Wildman–Crippen LogP) is 3.04. The molecule has 1 saturated heterocycles. The lowest BCUT2D eigenvalue weighted by Crippen LogP contribution is -2.44. The largest absolute Gasteiger partial charge is 0.373 e. The summed E-state index contributed by atoms with van der Waals surface area (Å²) >= 11 is 1.41. The number of benzene rings is 1. The van der Waals surface area contributed by atoms with Gasteiger partial charge < -0.3 is 15.4 Å². The van der Waals surface area contributed by atoms with Gasteiger partial charge in [0.25, 0.3) is 5.91 Å². The van der Waals surface area contributed by atoms with Crippen LogP contribution in [0.15, 0.2) is 29.6 Å². The van der Waals surface area contributed by atoms with Gasteiger partial charge in [-0.25, -0.2) is 9.37 Å². The molecule has 1 aromatic carbocycles. The third-order valence-corrected chi connectivity index (χ3v) is 5.46. The molecule has 162 valence electrons. The number of hydrogen-bond donors (Lipinski definition) is 2. The second-order valence-electron chi connectivity index (χ2n) is 7.51. The molecule has 0 radical (unpaired) electrons. The monoisotopic (exact) mass is 434 g/mol. The first-order valence-corrected chi connectivity index (χ1v) is 10.9. The van der Waals surface area contributed by atoms with Gasteiger partial charge in [-0.2, -0.15) is 0 Å². The van der Waals surface area contributed by atoms with Crippen LogP contribution in [0.5, 0.6) is 0 Å². The van der Waals surface area contributed by atoms with Crippen LogP contribution in [0.1, 0.15) is 42.7 Å². The molecule has 0 aliphatic carbocycles. The SMILES string of the molecule is CC1CN(Cc2csc(NC(=O)CCCNC(=O)c3ccc(F)cc3)n2)CC(C)O1. The summed E-state index contributed by atoms with van der Waals surface area (Å²) in [4.78, 5) is 30.9. The van der Waals surface area contributed by atoms with Crippen LogP contribution >= 0.6 is 11.3 Å². The Balaban J connectivity index is 1.36. The van der Waals surface area contributed by atoms with E-state index in [-0.39, 0.29) is 36.3 Å². The van der Waals surface area contributed by atoms with Gasteiger partial charge in [0, 0.05) is 43.5 Å². The Morgan fingerprint density at radius 3 is 2.63 bits per heavy atom. The van der Waals surface area contributed by atoms with E-state index in [1.807, 2.05) is 5.38 Å². The Bertz CT molecular complexity index is 848. The average Bonchev–Trinajstić information content (AvgIpc) is 3.11. The smallest absolute Gasteiger partial charge is 0.251 e. The summed E-state index contributed by atoms with van der Waals surface area (Å²) in [5.41, 5.74) is 1.32. The lowest BCUT2D eigenvalue weighted by molar-refractivity contribution is -0.116. The second-order valence-corrected chi connectivity index (χ2v) is 8.37. The molecule has 1 aromatic heterocycles. The van der Waals surface area contributed by atoms with E-state index in [0.717, 1.165) is 25.3 Å². The van der Waals surface area contributed by atoms with Crippen LogP contribution in [0.3, 0.4) is 0 Å². The van der Waals surface area contributed by atoms with Crippen LogP contribution < -0.4 is 10.6 Å². The first-order chi connectivity index (χ1) is 14.4. The molecular weight excluding hydrogens is 407 g/mol. The summed E-state index contributed by atoms with van der Waals surface area (Å²) in [6.07, 6.45) is 1.18. The lowest BCUT2D eigenvalue weighted by Gasteiger charge is -2.34. The molecule has 3 rings (SSSR count). The quantitative estimate of drug-likeness (QED) is 0.624. The Morgan fingerprint density at radius 2 is 1.93 bits per heavy atom. The molecule has 2 N–H and O–H groups in total. The molecule has 1 aliphatic heterocycles. The van der Waals surface area contributed by atoms with Crippen LogP contribution in [0.25, 0.3) is 0 Å². The number of aromatic nitrogens is 1. The normalized spacial score (nSPS) is 19.4. The van der Waals surface area contributed by atoms with E-state index < -0.39 is 0 Å². The number of rotatable bonds is 8. The summed E-state index contributed by atoms with van der Waals surface area (Å²) in [5, 5.41) is 8.08. The number of ether oxygens (including phenoxy) is 1. The fourth-order valence-corrected chi connectivity index (χ4v) is 4.13. The molecular formula is C21H27FN4O3S. The minimum Gasteiger partial charge on any atom is -0.373 e. The zero-order chi connectivity index (χ0) is 21.5. The zero-order valence-corrected chi connectivity index (χ0v) is 18.0. The van der Waals surface area contributed by atoms with Crippen molar-refractivity contribution in [2.24, 2.45) is 0 Å². The number of hydrogen-bond acceptors (Lipinski definition) is 6. The van der Waals surface area contributed by atoms with E-state index in [4.69, 9.17) is 4.74 Å². The number of nitrogens with one attached hydrogen (secondary N) is 2. The maximum Gasteiger partial charge on any atom is 0.251 e. The first kappa shape index (κ1) is 22.3. The minimum atomic E-state index is -0.386. The first-order valence-electron chi connectivity index (χ1n) is 10.0. The third-order valence-electron chi connectivity index (χ3n) is 4.65. The van der Waals surface area contributed by atoms with Crippen molar-refractivity contribution in [2.75, 3.05) is 25.0 Å². The van der Waals surface area contributed by atoms with Crippen molar-refractivity contribution in [1.29, 1.82) is 0 Å². The van der Waals surface area contributed by atoms with E-state index in [2.05, 4.69) is 34.4 Å². The Labute approximate surface area is 179 Å². The highest BCUT2D eigenvalue weighted by molar-refractivity contribution is 7.13. The molecule has 2 amide bonds. The highest BCUT2D eigenvalue weighted by Crippen LogP contribution is 2.19.